The highest BCUT2D eigenvalue weighted by molar-refractivity contribution is 4.99. The second-order valence-electron chi connectivity index (χ2n) is 4.13. The van der Waals surface area contributed by atoms with Crippen LogP contribution in [-0.4, -0.2) is 29.5 Å². The number of hydrogen-bond acceptors (Lipinski definition) is 3. The average Bonchev–Trinajstić information content (AvgIpc) is 2.79. The second-order valence-corrected chi connectivity index (χ2v) is 4.13. The minimum Gasteiger partial charge on any atom is -0.380 e. The molecule has 0 aliphatic heterocycles. The number of rotatable bonds is 9. The lowest BCUT2D eigenvalue weighted by Gasteiger charge is -2.12. The van der Waals surface area contributed by atoms with Gasteiger partial charge in [-0.25, -0.2) is 0 Å². The molecule has 1 N–H and O–H groups in total. The quantitative estimate of drug-likeness (QED) is 0.672. The van der Waals surface area contributed by atoms with Gasteiger partial charge in [0, 0.05) is 25.9 Å². The van der Waals surface area contributed by atoms with E-state index in [4.69, 9.17) is 4.74 Å². The molecule has 17 heavy (non-hydrogen) atoms. The van der Waals surface area contributed by atoms with Gasteiger partial charge in [-0.05, 0) is 25.8 Å². The van der Waals surface area contributed by atoms with Crippen molar-refractivity contribution in [3.05, 3.63) is 18.0 Å². The van der Waals surface area contributed by atoms with Gasteiger partial charge in [0.15, 0.2) is 0 Å². The predicted octanol–water partition coefficient (Wildman–Crippen LogP) is 2.37. The molecule has 1 aromatic rings. The maximum Gasteiger partial charge on any atom is 0.0762 e. The van der Waals surface area contributed by atoms with Gasteiger partial charge in [-0.2, -0.15) is 5.10 Å². The number of ether oxygens (including phenoxy) is 1. The molecule has 0 aromatic carbocycles. The van der Waals surface area contributed by atoms with E-state index in [2.05, 4.69) is 41.2 Å². The van der Waals surface area contributed by atoms with Gasteiger partial charge in [0.1, 0.15) is 0 Å². The van der Waals surface area contributed by atoms with Crippen LogP contribution in [0.1, 0.15) is 45.3 Å². The number of nitrogens with one attached hydrogen (secondary N) is 1. The zero-order chi connectivity index (χ0) is 12.5. The van der Waals surface area contributed by atoms with Gasteiger partial charge >= 0.3 is 0 Å². The summed E-state index contributed by atoms with van der Waals surface area (Å²) in [5.41, 5.74) is 1.10. The third-order valence-corrected chi connectivity index (χ3v) is 2.91. The molecule has 0 saturated carbocycles. The van der Waals surface area contributed by atoms with Crippen molar-refractivity contribution in [3.63, 3.8) is 0 Å². The van der Waals surface area contributed by atoms with Crippen LogP contribution in [0.5, 0.6) is 0 Å². The first kappa shape index (κ1) is 14.2. The number of hydrogen-bond donors (Lipinski definition) is 1. The molecule has 0 atom stereocenters. The summed E-state index contributed by atoms with van der Waals surface area (Å²) in [4.78, 5) is 0. The van der Waals surface area contributed by atoms with Crippen molar-refractivity contribution < 1.29 is 4.74 Å². The molecule has 4 nitrogen and oxygen atoms in total. The number of nitrogens with zero attached hydrogens (tertiary/aromatic N) is 2. The van der Waals surface area contributed by atoms with Crippen LogP contribution in [0.15, 0.2) is 12.3 Å². The van der Waals surface area contributed by atoms with Crippen LogP contribution in [0, 0.1) is 0 Å². The summed E-state index contributed by atoms with van der Waals surface area (Å²) in [5, 5.41) is 7.91. The Balaban J connectivity index is 2.30. The lowest BCUT2D eigenvalue weighted by atomic mass is 10.2. The highest BCUT2D eigenvalue weighted by Crippen LogP contribution is 2.14. The Morgan fingerprint density at radius 3 is 2.76 bits per heavy atom. The highest BCUT2D eigenvalue weighted by Gasteiger charge is 2.07. The summed E-state index contributed by atoms with van der Waals surface area (Å²) in [6, 6.07) is 2.62. The van der Waals surface area contributed by atoms with Crippen LogP contribution < -0.4 is 5.32 Å². The molecule has 0 bridgehead atoms. The molecular formula is C13H25N3O. The summed E-state index contributed by atoms with van der Waals surface area (Å²) >= 11 is 0. The second kappa shape index (κ2) is 8.25. The molecule has 0 aliphatic carbocycles. The zero-order valence-corrected chi connectivity index (χ0v) is 11.3. The van der Waals surface area contributed by atoms with E-state index in [1.165, 1.54) is 0 Å². The molecule has 1 aromatic heterocycles. The van der Waals surface area contributed by atoms with Gasteiger partial charge in [-0.1, -0.05) is 13.8 Å². The van der Waals surface area contributed by atoms with Crippen LogP contribution in [0.3, 0.4) is 0 Å². The Morgan fingerprint density at radius 2 is 2.12 bits per heavy atom. The average molecular weight is 239 g/mol. The van der Waals surface area contributed by atoms with E-state index in [0.717, 1.165) is 44.8 Å². The molecule has 0 fully saturated rings. The standard InChI is InChI=1S/C13H25N3O/c1-4-13(5-2)16-9-7-12(15-16)11-14-8-10-17-6-3/h7,9,13-14H,4-6,8,10-11H2,1-3H3. The Labute approximate surface area is 104 Å². The van der Waals surface area contributed by atoms with Gasteiger partial charge in [0.2, 0.25) is 0 Å². The maximum atomic E-state index is 5.26. The first-order chi connectivity index (χ1) is 8.31. The van der Waals surface area contributed by atoms with Crippen molar-refractivity contribution >= 4 is 0 Å². The lowest BCUT2D eigenvalue weighted by Crippen LogP contribution is -2.19. The third-order valence-electron chi connectivity index (χ3n) is 2.91. The third kappa shape index (κ3) is 4.88. The smallest absolute Gasteiger partial charge is 0.0762 e. The fourth-order valence-corrected chi connectivity index (χ4v) is 1.84. The highest BCUT2D eigenvalue weighted by atomic mass is 16.5. The van der Waals surface area contributed by atoms with E-state index in [9.17, 15) is 0 Å². The van der Waals surface area contributed by atoms with E-state index < -0.39 is 0 Å². The SMILES string of the molecule is CCOCCNCc1ccn(C(CC)CC)n1. The number of aromatic nitrogens is 2. The van der Waals surface area contributed by atoms with Gasteiger partial charge in [-0.15, -0.1) is 0 Å². The summed E-state index contributed by atoms with van der Waals surface area (Å²) < 4.78 is 7.34. The van der Waals surface area contributed by atoms with Crippen molar-refractivity contribution in [2.24, 2.45) is 0 Å². The Kier molecular flexibility index (Phi) is 6.89. The van der Waals surface area contributed by atoms with E-state index in [-0.39, 0.29) is 0 Å². The van der Waals surface area contributed by atoms with Crippen LogP contribution in [0.4, 0.5) is 0 Å². The van der Waals surface area contributed by atoms with Gasteiger partial charge in [-0.3, -0.25) is 4.68 Å². The van der Waals surface area contributed by atoms with E-state index >= 15 is 0 Å². The molecule has 0 aliphatic rings. The van der Waals surface area contributed by atoms with Crippen molar-refractivity contribution in [2.75, 3.05) is 19.8 Å². The minimum atomic E-state index is 0.534. The van der Waals surface area contributed by atoms with Crippen LogP contribution in [-0.2, 0) is 11.3 Å². The fourth-order valence-electron chi connectivity index (χ4n) is 1.84. The molecule has 1 rings (SSSR count). The molecule has 0 saturated heterocycles. The van der Waals surface area contributed by atoms with Gasteiger partial charge in [0.05, 0.1) is 18.3 Å². The molecule has 0 unspecified atom stereocenters. The Bertz CT molecular complexity index is 295. The molecule has 0 spiro atoms. The molecule has 0 radical (unpaired) electrons. The van der Waals surface area contributed by atoms with Crippen LogP contribution in [0.25, 0.3) is 0 Å². The normalized spacial score (nSPS) is 11.3. The molecule has 4 heteroatoms. The van der Waals surface area contributed by atoms with Crippen LogP contribution >= 0.6 is 0 Å². The molecule has 0 amide bonds. The van der Waals surface area contributed by atoms with Crippen molar-refractivity contribution in [1.82, 2.24) is 15.1 Å². The topological polar surface area (TPSA) is 39.1 Å². The van der Waals surface area contributed by atoms with Crippen molar-refractivity contribution in [1.29, 1.82) is 0 Å². The first-order valence-electron chi connectivity index (χ1n) is 6.64. The van der Waals surface area contributed by atoms with Crippen molar-refractivity contribution in [2.45, 2.75) is 46.2 Å². The Hall–Kier alpha value is -0.870. The van der Waals surface area contributed by atoms with Gasteiger partial charge < -0.3 is 10.1 Å². The molecule has 98 valence electrons. The fraction of sp³-hybridized carbons (Fsp3) is 0.769. The predicted molar refractivity (Wildman–Crippen MR) is 70.0 cm³/mol. The minimum absolute atomic E-state index is 0.534. The summed E-state index contributed by atoms with van der Waals surface area (Å²) in [6.45, 7) is 9.67. The molecule has 1 heterocycles. The van der Waals surface area contributed by atoms with E-state index in [0.29, 0.717) is 6.04 Å². The lowest BCUT2D eigenvalue weighted by molar-refractivity contribution is 0.149. The summed E-state index contributed by atoms with van der Waals surface area (Å²) in [7, 11) is 0. The summed E-state index contributed by atoms with van der Waals surface area (Å²) in [6.07, 6.45) is 4.35. The van der Waals surface area contributed by atoms with Gasteiger partial charge in [0.25, 0.3) is 0 Å². The van der Waals surface area contributed by atoms with Crippen molar-refractivity contribution in [3.8, 4) is 0 Å². The largest absolute Gasteiger partial charge is 0.380 e. The summed E-state index contributed by atoms with van der Waals surface area (Å²) in [5.74, 6) is 0. The monoisotopic (exact) mass is 239 g/mol. The Morgan fingerprint density at radius 1 is 1.35 bits per heavy atom. The van der Waals surface area contributed by atoms with E-state index in [1.54, 1.807) is 0 Å². The van der Waals surface area contributed by atoms with Crippen LogP contribution in [0.2, 0.25) is 0 Å². The maximum absolute atomic E-state index is 5.26. The zero-order valence-electron chi connectivity index (χ0n) is 11.3. The first-order valence-corrected chi connectivity index (χ1v) is 6.64. The van der Waals surface area contributed by atoms with E-state index in [1.807, 2.05) is 6.92 Å². The molecular weight excluding hydrogens is 214 g/mol.